The number of anilines is 1. The van der Waals surface area contributed by atoms with Crippen molar-refractivity contribution in [3.05, 3.63) is 42.0 Å². The summed E-state index contributed by atoms with van der Waals surface area (Å²) in [6.07, 6.45) is 0. The molecule has 0 spiro atoms. The molecule has 1 aromatic heterocycles. The maximum absolute atomic E-state index is 5.97. The van der Waals surface area contributed by atoms with Crippen LogP contribution in [0.1, 0.15) is 19.4 Å². The summed E-state index contributed by atoms with van der Waals surface area (Å²) in [5.41, 5.74) is 4.27. The smallest absolute Gasteiger partial charge is 0.140 e. The van der Waals surface area contributed by atoms with Crippen molar-refractivity contribution in [1.29, 1.82) is 0 Å². The molecule has 0 aliphatic carbocycles. The van der Waals surface area contributed by atoms with E-state index in [1.54, 1.807) is 0 Å². The number of rotatable bonds is 2. The van der Waals surface area contributed by atoms with Crippen LogP contribution in [0.4, 0.5) is 5.69 Å². The fourth-order valence-electron chi connectivity index (χ4n) is 2.39. The molecule has 0 bridgehead atoms. The molecule has 0 saturated heterocycles. The minimum atomic E-state index is 0.407. The normalized spacial score (nSPS) is 11.6. The van der Waals surface area contributed by atoms with Crippen LogP contribution in [0.25, 0.3) is 21.9 Å². The standard InChI is InChI=1S/C16H17NO/c1-10(2)17-13-9-8-11(3)16-15(13)12-6-4-5-7-14(12)18-16/h4-10,17H,1-3H3. The van der Waals surface area contributed by atoms with Gasteiger partial charge in [0.2, 0.25) is 0 Å². The van der Waals surface area contributed by atoms with Crippen LogP contribution in [0.15, 0.2) is 40.8 Å². The number of hydrogen-bond acceptors (Lipinski definition) is 2. The molecular weight excluding hydrogens is 222 g/mol. The maximum Gasteiger partial charge on any atom is 0.140 e. The second-order valence-electron chi connectivity index (χ2n) is 5.03. The Balaban J connectivity index is 2.40. The molecule has 1 N–H and O–H groups in total. The van der Waals surface area contributed by atoms with Gasteiger partial charge in [0, 0.05) is 17.1 Å². The molecule has 2 heteroatoms. The van der Waals surface area contributed by atoms with Gasteiger partial charge in [-0.2, -0.15) is 0 Å². The van der Waals surface area contributed by atoms with Gasteiger partial charge in [0.1, 0.15) is 11.2 Å². The summed E-state index contributed by atoms with van der Waals surface area (Å²) in [4.78, 5) is 0. The number of aryl methyl sites for hydroxylation is 1. The molecule has 0 radical (unpaired) electrons. The Labute approximate surface area is 107 Å². The zero-order valence-electron chi connectivity index (χ0n) is 10.9. The monoisotopic (exact) mass is 239 g/mol. The maximum atomic E-state index is 5.97. The molecule has 0 unspecified atom stereocenters. The first kappa shape index (κ1) is 11.1. The number of hydrogen-bond donors (Lipinski definition) is 1. The summed E-state index contributed by atoms with van der Waals surface area (Å²) in [6, 6.07) is 12.9. The van der Waals surface area contributed by atoms with E-state index in [4.69, 9.17) is 4.42 Å². The Kier molecular flexibility index (Phi) is 2.51. The molecule has 0 aliphatic rings. The van der Waals surface area contributed by atoms with Crippen LogP contribution in [0.3, 0.4) is 0 Å². The highest BCUT2D eigenvalue weighted by Crippen LogP contribution is 2.36. The average molecular weight is 239 g/mol. The topological polar surface area (TPSA) is 25.2 Å². The Morgan fingerprint density at radius 2 is 1.83 bits per heavy atom. The fraction of sp³-hybridized carbons (Fsp3) is 0.250. The van der Waals surface area contributed by atoms with Gasteiger partial charge in [-0.05, 0) is 38.5 Å². The van der Waals surface area contributed by atoms with Crippen molar-refractivity contribution in [2.75, 3.05) is 5.32 Å². The highest BCUT2D eigenvalue weighted by Gasteiger charge is 2.12. The molecule has 3 rings (SSSR count). The Morgan fingerprint density at radius 3 is 2.61 bits per heavy atom. The van der Waals surface area contributed by atoms with Crippen LogP contribution in [0.2, 0.25) is 0 Å². The van der Waals surface area contributed by atoms with Crippen LogP contribution in [-0.4, -0.2) is 6.04 Å². The van der Waals surface area contributed by atoms with E-state index in [2.05, 4.69) is 50.4 Å². The predicted molar refractivity (Wildman–Crippen MR) is 77.2 cm³/mol. The molecular formula is C16H17NO. The van der Waals surface area contributed by atoms with Crippen LogP contribution in [0, 0.1) is 6.92 Å². The van der Waals surface area contributed by atoms with Gasteiger partial charge >= 0.3 is 0 Å². The predicted octanol–water partition coefficient (Wildman–Crippen LogP) is 4.71. The quantitative estimate of drug-likeness (QED) is 0.700. The van der Waals surface area contributed by atoms with Crippen LogP contribution < -0.4 is 5.32 Å². The van der Waals surface area contributed by atoms with Gasteiger partial charge in [0.25, 0.3) is 0 Å². The lowest BCUT2D eigenvalue weighted by Gasteiger charge is -2.11. The van der Waals surface area contributed by atoms with E-state index in [0.29, 0.717) is 6.04 Å². The van der Waals surface area contributed by atoms with Gasteiger partial charge in [0.15, 0.2) is 0 Å². The average Bonchev–Trinajstić information content (AvgIpc) is 2.73. The summed E-state index contributed by atoms with van der Waals surface area (Å²) < 4.78 is 5.97. The first-order valence-electron chi connectivity index (χ1n) is 6.34. The first-order valence-corrected chi connectivity index (χ1v) is 6.34. The van der Waals surface area contributed by atoms with Gasteiger partial charge < -0.3 is 9.73 Å². The van der Waals surface area contributed by atoms with Crippen LogP contribution in [0.5, 0.6) is 0 Å². The second-order valence-corrected chi connectivity index (χ2v) is 5.03. The van der Waals surface area contributed by atoms with Crippen molar-refractivity contribution in [3.63, 3.8) is 0 Å². The number of fused-ring (bicyclic) bond motifs is 3. The second kappa shape index (κ2) is 4.05. The summed E-state index contributed by atoms with van der Waals surface area (Å²) in [7, 11) is 0. The van der Waals surface area contributed by atoms with Crippen molar-refractivity contribution in [1.82, 2.24) is 0 Å². The van der Waals surface area contributed by atoms with E-state index in [1.807, 2.05) is 12.1 Å². The largest absolute Gasteiger partial charge is 0.456 e. The highest BCUT2D eigenvalue weighted by atomic mass is 16.3. The summed E-state index contributed by atoms with van der Waals surface area (Å²) in [6.45, 7) is 6.38. The van der Waals surface area contributed by atoms with Gasteiger partial charge in [-0.3, -0.25) is 0 Å². The SMILES string of the molecule is Cc1ccc(NC(C)C)c2c1oc1ccccc12. The third-order valence-electron chi connectivity index (χ3n) is 3.17. The third-order valence-corrected chi connectivity index (χ3v) is 3.17. The van der Waals surface area contributed by atoms with E-state index in [-0.39, 0.29) is 0 Å². The Bertz CT molecular complexity index is 710. The minimum Gasteiger partial charge on any atom is -0.456 e. The summed E-state index contributed by atoms with van der Waals surface area (Å²) in [5.74, 6) is 0. The van der Waals surface area contributed by atoms with Crippen LogP contribution in [-0.2, 0) is 0 Å². The van der Waals surface area contributed by atoms with Gasteiger partial charge in [-0.25, -0.2) is 0 Å². The van der Waals surface area contributed by atoms with Crippen molar-refractivity contribution in [2.45, 2.75) is 26.8 Å². The summed E-state index contributed by atoms with van der Waals surface area (Å²) in [5, 5.41) is 5.87. The number of benzene rings is 2. The Hall–Kier alpha value is -1.96. The molecule has 0 fully saturated rings. The number of para-hydroxylation sites is 1. The van der Waals surface area contributed by atoms with Crippen molar-refractivity contribution in [3.8, 4) is 0 Å². The lowest BCUT2D eigenvalue weighted by molar-refractivity contribution is 0.666. The van der Waals surface area contributed by atoms with E-state index >= 15 is 0 Å². The van der Waals surface area contributed by atoms with Crippen molar-refractivity contribution in [2.24, 2.45) is 0 Å². The fourth-order valence-corrected chi connectivity index (χ4v) is 2.39. The molecule has 1 heterocycles. The van der Waals surface area contributed by atoms with Gasteiger partial charge in [-0.1, -0.05) is 24.3 Å². The molecule has 2 aromatic carbocycles. The van der Waals surface area contributed by atoms with E-state index < -0.39 is 0 Å². The molecule has 0 amide bonds. The van der Waals surface area contributed by atoms with Crippen molar-refractivity contribution < 1.29 is 4.42 Å². The molecule has 0 saturated carbocycles. The highest BCUT2D eigenvalue weighted by molar-refractivity contribution is 6.12. The lowest BCUT2D eigenvalue weighted by Crippen LogP contribution is -2.09. The first-order chi connectivity index (χ1) is 8.66. The number of nitrogens with one attached hydrogen (secondary N) is 1. The van der Waals surface area contributed by atoms with Gasteiger partial charge in [-0.15, -0.1) is 0 Å². The van der Waals surface area contributed by atoms with E-state index in [0.717, 1.165) is 16.9 Å². The zero-order valence-corrected chi connectivity index (χ0v) is 10.9. The molecule has 0 aliphatic heterocycles. The number of furan rings is 1. The molecule has 0 atom stereocenters. The third kappa shape index (κ3) is 1.65. The van der Waals surface area contributed by atoms with E-state index in [1.165, 1.54) is 16.3 Å². The molecule has 18 heavy (non-hydrogen) atoms. The van der Waals surface area contributed by atoms with E-state index in [9.17, 15) is 0 Å². The van der Waals surface area contributed by atoms with Gasteiger partial charge in [0.05, 0.1) is 5.39 Å². The minimum absolute atomic E-state index is 0.407. The molecule has 3 aromatic rings. The zero-order chi connectivity index (χ0) is 12.7. The molecule has 2 nitrogen and oxygen atoms in total. The Morgan fingerprint density at radius 1 is 1.06 bits per heavy atom. The van der Waals surface area contributed by atoms with Crippen LogP contribution >= 0.6 is 0 Å². The summed E-state index contributed by atoms with van der Waals surface area (Å²) >= 11 is 0. The molecule has 92 valence electrons. The van der Waals surface area contributed by atoms with Crippen molar-refractivity contribution >= 4 is 27.6 Å². The lowest BCUT2D eigenvalue weighted by atomic mass is 10.1.